The summed E-state index contributed by atoms with van der Waals surface area (Å²) in [7, 11) is 3.23. The number of nitrogens with one attached hydrogen (secondary N) is 1. The monoisotopic (exact) mass is 289 g/mol. The molecule has 1 aliphatic heterocycles. The van der Waals surface area contributed by atoms with Crippen LogP contribution in [0.3, 0.4) is 0 Å². The Hall–Kier alpha value is -2.08. The van der Waals surface area contributed by atoms with Crippen molar-refractivity contribution in [2.24, 2.45) is 0 Å². The highest BCUT2D eigenvalue weighted by atomic mass is 16.5. The molecule has 21 heavy (non-hydrogen) atoms. The van der Waals surface area contributed by atoms with Gasteiger partial charge in [-0.3, -0.25) is 0 Å². The van der Waals surface area contributed by atoms with Crippen LogP contribution in [0.15, 0.2) is 22.7 Å². The van der Waals surface area contributed by atoms with E-state index in [2.05, 4.69) is 22.4 Å². The van der Waals surface area contributed by atoms with Crippen LogP contribution in [0.25, 0.3) is 11.4 Å². The van der Waals surface area contributed by atoms with Crippen molar-refractivity contribution in [1.29, 1.82) is 0 Å². The van der Waals surface area contributed by atoms with Crippen LogP contribution in [-0.4, -0.2) is 37.4 Å². The van der Waals surface area contributed by atoms with E-state index in [1.54, 1.807) is 14.2 Å². The minimum absolute atomic E-state index is 0.0891. The smallest absolute Gasteiger partial charge is 0.234 e. The summed E-state index contributed by atoms with van der Waals surface area (Å²) in [4.78, 5) is 4.56. The van der Waals surface area contributed by atoms with E-state index < -0.39 is 0 Å². The molecule has 1 aromatic heterocycles. The van der Waals surface area contributed by atoms with Gasteiger partial charge in [0.1, 0.15) is 11.5 Å². The van der Waals surface area contributed by atoms with Gasteiger partial charge in [0.05, 0.1) is 19.6 Å². The number of methoxy groups -OCH3 is 2. The summed E-state index contributed by atoms with van der Waals surface area (Å²) in [5, 5.41) is 7.43. The third-order valence-corrected chi connectivity index (χ3v) is 3.92. The molecule has 112 valence electrons. The molecule has 0 saturated carbocycles. The number of hydrogen-bond acceptors (Lipinski definition) is 6. The van der Waals surface area contributed by atoms with E-state index in [0.29, 0.717) is 23.2 Å². The van der Waals surface area contributed by atoms with E-state index in [1.165, 1.54) is 0 Å². The van der Waals surface area contributed by atoms with Crippen LogP contribution in [0.4, 0.5) is 0 Å². The number of aromatic nitrogens is 2. The Kier molecular flexibility index (Phi) is 3.55. The molecule has 0 spiro atoms. The van der Waals surface area contributed by atoms with Gasteiger partial charge in [-0.25, -0.2) is 0 Å². The molecular formula is C15H19N3O3. The first kappa shape index (κ1) is 13.9. The second kappa shape index (κ2) is 5.37. The first-order valence-corrected chi connectivity index (χ1v) is 6.93. The molecule has 1 saturated heterocycles. The molecule has 0 aliphatic carbocycles. The Labute approximate surface area is 123 Å². The average molecular weight is 289 g/mol. The van der Waals surface area contributed by atoms with Gasteiger partial charge >= 0.3 is 0 Å². The molecule has 0 bridgehead atoms. The zero-order chi connectivity index (χ0) is 14.9. The van der Waals surface area contributed by atoms with E-state index in [9.17, 15) is 0 Å². The maximum atomic E-state index is 5.47. The maximum absolute atomic E-state index is 5.47. The number of rotatable bonds is 4. The second-order valence-corrected chi connectivity index (χ2v) is 5.51. The summed E-state index contributed by atoms with van der Waals surface area (Å²) in [5.41, 5.74) is 0.726. The lowest BCUT2D eigenvalue weighted by atomic mass is 9.90. The third-order valence-electron chi connectivity index (χ3n) is 3.92. The molecule has 1 aromatic carbocycles. The fourth-order valence-electron chi connectivity index (χ4n) is 2.52. The molecular weight excluding hydrogens is 270 g/mol. The van der Waals surface area contributed by atoms with Crippen molar-refractivity contribution in [3.8, 4) is 22.9 Å². The number of ether oxygens (including phenoxy) is 2. The molecule has 6 heteroatoms. The van der Waals surface area contributed by atoms with Crippen molar-refractivity contribution >= 4 is 0 Å². The molecule has 2 heterocycles. The van der Waals surface area contributed by atoms with Crippen LogP contribution >= 0.6 is 0 Å². The van der Waals surface area contributed by atoms with Gasteiger partial charge in [-0.15, -0.1) is 0 Å². The normalized spacial score (nSPS) is 21.5. The molecule has 0 amide bonds. The molecule has 6 nitrogen and oxygen atoms in total. The highest BCUT2D eigenvalue weighted by molar-refractivity contribution is 5.60. The Balaban J connectivity index is 1.96. The van der Waals surface area contributed by atoms with E-state index in [-0.39, 0.29) is 5.41 Å². The van der Waals surface area contributed by atoms with Crippen LogP contribution in [0.2, 0.25) is 0 Å². The number of benzene rings is 1. The lowest BCUT2D eigenvalue weighted by Gasteiger charge is -2.15. The van der Waals surface area contributed by atoms with E-state index >= 15 is 0 Å². The minimum atomic E-state index is -0.0891. The Morgan fingerprint density at radius 2 is 1.90 bits per heavy atom. The van der Waals surface area contributed by atoms with Crippen LogP contribution < -0.4 is 14.8 Å². The Morgan fingerprint density at radius 3 is 2.48 bits per heavy atom. The molecule has 1 atom stereocenters. The van der Waals surface area contributed by atoms with Gasteiger partial charge in [0, 0.05) is 18.2 Å². The van der Waals surface area contributed by atoms with E-state index in [4.69, 9.17) is 14.0 Å². The minimum Gasteiger partial charge on any atom is -0.497 e. The number of nitrogens with zero attached hydrogens (tertiary/aromatic N) is 2. The topological polar surface area (TPSA) is 69.4 Å². The Morgan fingerprint density at radius 1 is 1.19 bits per heavy atom. The molecule has 0 radical (unpaired) electrons. The molecule has 1 aliphatic rings. The molecule has 3 rings (SSSR count). The second-order valence-electron chi connectivity index (χ2n) is 5.51. The standard InChI is InChI=1S/C15H19N3O3/c1-15(4-5-16-9-15)14-17-13(18-21-14)10-6-11(19-2)8-12(7-10)20-3/h6-8,16H,4-5,9H2,1-3H3. The predicted octanol–water partition coefficient (Wildman–Crippen LogP) is 2.00. The fourth-order valence-corrected chi connectivity index (χ4v) is 2.52. The van der Waals surface area contributed by atoms with Gasteiger partial charge in [-0.05, 0) is 32.0 Å². The SMILES string of the molecule is COc1cc(OC)cc(-c2noc(C3(C)CCNC3)n2)c1. The Bertz CT molecular complexity index is 611. The highest BCUT2D eigenvalue weighted by Crippen LogP contribution is 2.32. The van der Waals surface area contributed by atoms with Crippen molar-refractivity contribution in [2.45, 2.75) is 18.8 Å². The predicted molar refractivity (Wildman–Crippen MR) is 77.7 cm³/mol. The first-order chi connectivity index (χ1) is 10.1. The zero-order valence-electron chi connectivity index (χ0n) is 12.5. The zero-order valence-corrected chi connectivity index (χ0v) is 12.5. The van der Waals surface area contributed by atoms with Crippen LogP contribution in [-0.2, 0) is 5.41 Å². The van der Waals surface area contributed by atoms with Crippen molar-refractivity contribution in [1.82, 2.24) is 15.5 Å². The molecule has 2 aromatic rings. The van der Waals surface area contributed by atoms with Gasteiger partial charge in [-0.1, -0.05) is 5.16 Å². The summed E-state index contributed by atoms with van der Waals surface area (Å²) in [6.45, 7) is 3.97. The van der Waals surface area contributed by atoms with Crippen molar-refractivity contribution < 1.29 is 14.0 Å². The molecule has 1 unspecified atom stereocenters. The average Bonchev–Trinajstić information content (AvgIpc) is 3.16. The summed E-state index contributed by atoms with van der Waals surface area (Å²) < 4.78 is 16.0. The summed E-state index contributed by atoms with van der Waals surface area (Å²) >= 11 is 0. The van der Waals surface area contributed by atoms with E-state index in [1.807, 2.05) is 18.2 Å². The van der Waals surface area contributed by atoms with Gasteiger partial charge in [-0.2, -0.15) is 4.98 Å². The van der Waals surface area contributed by atoms with E-state index in [0.717, 1.165) is 25.1 Å². The largest absolute Gasteiger partial charge is 0.497 e. The summed E-state index contributed by atoms with van der Waals surface area (Å²) in [6, 6.07) is 5.55. The van der Waals surface area contributed by atoms with Gasteiger partial charge in [0.2, 0.25) is 11.7 Å². The lowest BCUT2D eigenvalue weighted by Crippen LogP contribution is -2.25. The summed E-state index contributed by atoms with van der Waals surface area (Å²) in [5.74, 6) is 2.62. The first-order valence-electron chi connectivity index (χ1n) is 6.93. The van der Waals surface area contributed by atoms with Crippen LogP contribution in [0.1, 0.15) is 19.2 Å². The molecule has 1 fully saturated rings. The quantitative estimate of drug-likeness (QED) is 0.928. The maximum Gasteiger partial charge on any atom is 0.234 e. The highest BCUT2D eigenvalue weighted by Gasteiger charge is 2.36. The third kappa shape index (κ3) is 2.58. The van der Waals surface area contributed by atoms with Crippen molar-refractivity contribution in [3.05, 3.63) is 24.1 Å². The van der Waals surface area contributed by atoms with Crippen molar-refractivity contribution in [3.63, 3.8) is 0 Å². The summed E-state index contributed by atoms with van der Waals surface area (Å²) in [6.07, 6.45) is 0.996. The van der Waals surface area contributed by atoms with Gasteiger partial charge < -0.3 is 19.3 Å². The van der Waals surface area contributed by atoms with Crippen LogP contribution in [0, 0.1) is 0 Å². The fraction of sp³-hybridized carbons (Fsp3) is 0.467. The van der Waals surface area contributed by atoms with Crippen LogP contribution in [0.5, 0.6) is 11.5 Å². The van der Waals surface area contributed by atoms with Crippen molar-refractivity contribution in [2.75, 3.05) is 27.3 Å². The van der Waals surface area contributed by atoms with Gasteiger partial charge in [0.15, 0.2) is 0 Å². The lowest BCUT2D eigenvalue weighted by molar-refractivity contribution is 0.306. The van der Waals surface area contributed by atoms with Gasteiger partial charge in [0.25, 0.3) is 0 Å². The number of hydrogen-bond donors (Lipinski definition) is 1. The molecule has 1 N–H and O–H groups in total.